The maximum Gasteiger partial charge on any atom is 0.410 e. The molecule has 31 heavy (non-hydrogen) atoms. The van der Waals surface area contributed by atoms with Crippen LogP contribution >= 0.6 is 0 Å². The van der Waals surface area contributed by atoms with Crippen LogP contribution < -0.4 is 22.1 Å². The standard InChI is InChI=1S/C21H33N5O5/c1-13(2)18(14(3)27)26(4)21(30)31-12-15-7-9-16(10-8-15)25-19(28)17(22)6-5-11-24-20(23)29/h7-10,13,17-18H,5-6,11-12,22H2,1-4H3,(H,25,28)(H3,23,24,29). The van der Waals surface area contributed by atoms with Gasteiger partial charge in [-0.2, -0.15) is 0 Å². The van der Waals surface area contributed by atoms with Crippen molar-refractivity contribution in [3.63, 3.8) is 0 Å². The van der Waals surface area contributed by atoms with Gasteiger partial charge in [-0.3, -0.25) is 9.59 Å². The molecule has 0 spiro atoms. The summed E-state index contributed by atoms with van der Waals surface area (Å²) in [6.07, 6.45) is 0.339. The summed E-state index contributed by atoms with van der Waals surface area (Å²) >= 11 is 0. The molecule has 0 bridgehead atoms. The lowest BCUT2D eigenvalue weighted by Gasteiger charge is -2.28. The molecular weight excluding hydrogens is 402 g/mol. The van der Waals surface area contributed by atoms with Gasteiger partial charge in [0.15, 0.2) is 5.78 Å². The monoisotopic (exact) mass is 435 g/mol. The van der Waals surface area contributed by atoms with Gasteiger partial charge in [-0.25, -0.2) is 9.59 Å². The number of likely N-dealkylation sites (N-methyl/N-ethyl adjacent to an activating group) is 1. The van der Waals surface area contributed by atoms with Crippen LogP contribution in [0.3, 0.4) is 0 Å². The first-order chi connectivity index (χ1) is 14.5. The second-order valence-corrected chi connectivity index (χ2v) is 7.69. The van der Waals surface area contributed by atoms with E-state index in [1.54, 1.807) is 31.3 Å². The van der Waals surface area contributed by atoms with Gasteiger partial charge in [-0.1, -0.05) is 26.0 Å². The largest absolute Gasteiger partial charge is 0.445 e. The zero-order valence-corrected chi connectivity index (χ0v) is 18.5. The van der Waals surface area contributed by atoms with E-state index in [4.69, 9.17) is 16.2 Å². The van der Waals surface area contributed by atoms with Gasteiger partial charge in [0.2, 0.25) is 5.91 Å². The van der Waals surface area contributed by atoms with E-state index in [9.17, 15) is 19.2 Å². The van der Waals surface area contributed by atoms with Gasteiger partial charge in [0.05, 0.1) is 12.1 Å². The summed E-state index contributed by atoms with van der Waals surface area (Å²) in [5, 5.41) is 5.15. The number of carbonyl (C=O) groups excluding carboxylic acids is 4. The van der Waals surface area contributed by atoms with Crippen molar-refractivity contribution < 1.29 is 23.9 Å². The van der Waals surface area contributed by atoms with Crippen LogP contribution in [-0.2, 0) is 20.9 Å². The number of urea groups is 1. The number of benzene rings is 1. The number of amides is 4. The number of rotatable bonds is 11. The van der Waals surface area contributed by atoms with E-state index < -0.39 is 24.2 Å². The number of hydrogen-bond donors (Lipinski definition) is 4. The second-order valence-electron chi connectivity index (χ2n) is 7.69. The number of nitrogens with two attached hydrogens (primary N) is 2. The van der Waals surface area contributed by atoms with E-state index >= 15 is 0 Å². The fraction of sp³-hybridized carbons (Fsp3) is 0.524. The molecule has 0 aliphatic rings. The van der Waals surface area contributed by atoms with Gasteiger partial charge >= 0.3 is 12.1 Å². The Balaban J connectivity index is 2.51. The topological polar surface area (TPSA) is 157 Å². The number of carbonyl (C=O) groups is 4. The number of Topliss-reactive ketones (excluding diaryl/α,β-unsaturated/α-hetero) is 1. The third kappa shape index (κ3) is 9.04. The molecule has 2 unspecified atom stereocenters. The van der Waals surface area contributed by atoms with Crippen molar-refractivity contribution in [2.24, 2.45) is 17.4 Å². The van der Waals surface area contributed by atoms with Gasteiger partial charge in [0, 0.05) is 19.3 Å². The molecule has 0 saturated heterocycles. The maximum atomic E-state index is 12.2. The average Bonchev–Trinajstić information content (AvgIpc) is 2.69. The van der Waals surface area contributed by atoms with Gasteiger partial charge in [0.1, 0.15) is 6.61 Å². The first-order valence-electron chi connectivity index (χ1n) is 10.1. The summed E-state index contributed by atoms with van der Waals surface area (Å²) in [6.45, 7) is 5.57. The molecule has 0 aromatic heterocycles. The third-order valence-electron chi connectivity index (χ3n) is 4.66. The molecular formula is C21H33N5O5. The Labute approximate surface area is 182 Å². The van der Waals surface area contributed by atoms with E-state index in [2.05, 4.69) is 10.6 Å². The Morgan fingerprint density at radius 2 is 1.74 bits per heavy atom. The number of primary amides is 1. The van der Waals surface area contributed by atoms with E-state index in [1.807, 2.05) is 13.8 Å². The van der Waals surface area contributed by atoms with Crippen molar-refractivity contribution in [3.8, 4) is 0 Å². The van der Waals surface area contributed by atoms with Gasteiger partial charge in [-0.05, 0) is 43.4 Å². The molecule has 1 aromatic rings. The van der Waals surface area contributed by atoms with Crippen LogP contribution in [0, 0.1) is 5.92 Å². The molecule has 0 fully saturated rings. The summed E-state index contributed by atoms with van der Waals surface area (Å²) in [4.78, 5) is 48.1. The highest BCUT2D eigenvalue weighted by atomic mass is 16.6. The van der Waals surface area contributed by atoms with E-state index in [1.165, 1.54) is 11.8 Å². The van der Waals surface area contributed by atoms with Crippen molar-refractivity contribution in [2.75, 3.05) is 18.9 Å². The minimum absolute atomic E-state index is 0.0243. The fourth-order valence-corrected chi connectivity index (χ4v) is 3.13. The number of hydrogen-bond acceptors (Lipinski definition) is 6. The van der Waals surface area contributed by atoms with Crippen LogP contribution in [0.2, 0.25) is 0 Å². The molecule has 0 aliphatic carbocycles. The minimum atomic E-state index is -0.721. The average molecular weight is 436 g/mol. The molecule has 172 valence electrons. The van der Waals surface area contributed by atoms with Crippen molar-refractivity contribution in [2.45, 2.75) is 52.3 Å². The smallest absolute Gasteiger partial charge is 0.410 e. The van der Waals surface area contributed by atoms with Crippen LogP contribution in [0.4, 0.5) is 15.3 Å². The zero-order chi connectivity index (χ0) is 23.6. The predicted octanol–water partition coefficient (Wildman–Crippen LogP) is 1.58. The zero-order valence-electron chi connectivity index (χ0n) is 18.5. The molecule has 6 N–H and O–H groups in total. The summed E-state index contributed by atoms with van der Waals surface area (Å²) in [5.41, 5.74) is 12.1. The number of nitrogens with zero attached hydrogens (tertiary/aromatic N) is 1. The molecule has 10 nitrogen and oxygen atoms in total. The van der Waals surface area contributed by atoms with Crippen molar-refractivity contribution in [1.29, 1.82) is 0 Å². The Hall–Kier alpha value is -3.14. The van der Waals surface area contributed by atoms with E-state index in [-0.39, 0.29) is 24.2 Å². The Kier molecular flexibility index (Phi) is 10.5. The lowest BCUT2D eigenvalue weighted by atomic mass is 10.00. The minimum Gasteiger partial charge on any atom is -0.445 e. The van der Waals surface area contributed by atoms with Crippen LogP contribution in [0.1, 0.15) is 39.2 Å². The summed E-state index contributed by atoms with van der Waals surface area (Å²) in [7, 11) is 1.54. The predicted molar refractivity (Wildman–Crippen MR) is 117 cm³/mol. The first kappa shape index (κ1) is 25.9. The van der Waals surface area contributed by atoms with Crippen LogP contribution in [0.25, 0.3) is 0 Å². The molecule has 0 heterocycles. The summed E-state index contributed by atoms with van der Waals surface area (Å²) < 4.78 is 5.29. The highest BCUT2D eigenvalue weighted by Crippen LogP contribution is 2.14. The number of nitrogens with one attached hydrogen (secondary N) is 2. The van der Waals surface area contributed by atoms with Crippen molar-refractivity contribution in [3.05, 3.63) is 29.8 Å². The molecule has 2 atom stereocenters. The highest BCUT2D eigenvalue weighted by molar-refractivity contribution is 5.94. The SMILES string of the molecule is CC(=O)C(C(C)C)N(C)C(=O)OCc1ccc(NC(=O)C(N)CCCNC(N)=O)cc1. The molecule has 1 rings (SSSR count). The van der Waals surface area contributed by atoms with E-state index in [0.29, 0.717) is 25.1 Å². The third-order valence-corrected chi connectivity index (χ3v) is 4.66. The molecule has 0 aliphatic heterocycles. The summed E-state index contributed by atoms with van der Waals surface area (Å²) in [5.74, 6) is -0.468. The molecule has 0 saturated carbocycles. The number of ether oxygens (including phenoxy) is 1. The van der Waals surface area contributed by atoms with Gasteiger partial charge < -0.3 is 31.7 Å². The highest BCUT2D eigenvalue weighted by Gasteiger charge is 2.27. The normalized spacial score (nSPS) is 12.6. The lowest BCUT2D eigenvalue weighted by Crippen LogP contribution is -2.45. The van der Waals surface area contributed by atoms with Gasteiger partial charge in [-0.15, -0.1) is 0 Å². The van der Waals surface area contributed by atoms with Crippen LogP contribution in [0.15, 0.2) is 24.3 Å². The first-order valence-corrected chi connectivity index (χ1v) is 10.1. The quantitative estimate of drug-likeness (QED) is 0.387. The fourth-order valence-electron chi connectivity index (χ4n) is 3.13. The Morgan fingerprint density at radius 3 is 2.26 bits per heavy atom. The second kappa shape index (κ2) is 12.5. The van der Waals surface area contributed by atoms with E-state index in [0.717, 1.165) is 5.56 Å². The molecule has 10 heteroatoms. The Morgan fingerprint density at radius 1 is 1.13 bits per heavy atom. The number of anilines is 1. The lowest BCUT2D eigenvalue weighted by molar-refractivity contribution is -0.122. The van der Waals surface area contributed by atoms with Crippen LogP contribution in [0.5, 0.6) is 0 Å². The molecule has 4 amide bonds. The maximum absolute atomic E-state index is 12.2. The Bertz CT molecular complexity index is 766. The van der Waals surface area contributed by atoms with Crippen molar-refractivity contribution >= 4 is 29.5 Å². The summed E-state index contributed by atoms with van der Waals surface area (Å²) in [6, 6.07) is 4.92. The van der Waals surface area contributed by atoms with Crippen LogP contribution in [-0.4, -0.2) is 54.4 Å². The number of ketones is 1. The molecule has 1 aromatic carbocycles. The van der Waals surface area contributed by atoms with Crippen molar-refractivity contribution in [1.82, 2.24) is 10.2 Å². The molecule has 0 radical (unpaired) electrons. The van der Waals surface area contributed by atoms with Gasteiger partial charge in [0.25, 0.3) is 0 Å².